The third-order valence-corrected chi connectivity index (χ3v) is 6.33. The molecule has 1 aliphatic heterocycles. The van der Waals surface area contributed by atoms with E-state index in [1.54, 1.807) is 32.9 Å². The lowest BCUT2D eigenvalue weighted by Crippen LogP contribution is -2.50. The first-order valence-corrected chi connectivity index (χ1v) is 10.5. The molecule has 1 unspecified atom stereocenters. The van der Waals surface area contributed by atoms with E-state index in [9.17, 15) is 17.6 Å². The van der Waals surface area contributed by atoms with Crippen LogP contribution in [-0.4, -0.2) is 48.5 Å². The van der Waals surface area contributed by atoms with E-state index in [-0.39, 0.29) is 22.9 Å². The smallest absolute Gasteiger partial charge is 0.407 e. The van der Waals surface area contributed by atoms with Gasteiger partial charge in [-0.15, -0.1) is 0 Å². The topological polar surface area (TPSA) is 88.6 Å². The average molecular weight is 409 g/mol. The molecule has 7 nitrogen and oxygen atoms in total. The highest BCUT2D eigenvalue weighted by atomic mass is 32.2. The summed E-state index contributed by atoms with van der Waals surface area (Å²) in [6.07, 6.45) is 3.07. The van der Waals surface area contributed by atoms with Gasteiger partial charge >= 0.3 is 6.09 Å². The van der Waals surface area contributed by atoms with Crippen LogP contribution in [0.25, 0.3) is 10.8 Å². The van der Waals surface area contributed by atoms with E-state index in [4.69, 9.17) is 4.74 Å². The van der Waals surface area contributed by atoms with Gasteiger partial charge in [0.05, 0.1) is 11.1 Å². The zero-order valence-electron chi connectivity index (χ0n) is 16.1. The zero-order chi connectivity index (χ0) is 20.5. The molecule has 152 valence electrons. The van der Waals surface area contributed by atoms with E-state index < -0.39 is 27.5 Å². The minimum atomic E-state index is -3.94. The van der Waals surface area contributed by atoms with Gasteiger partial charge in [0.15, 0.2) is 5.82 Å². The number of aromatic nitrogens is 1. The normalized spacial score (nSPS) is 18.8. The molecule has 0 spiro atoms. The molecule has 1 N–H and O–H groups in total. The molecule has 1 saturated heterocycles. The first kappa shape index (κ1) is 20.5. The number of ether oxygens (including phenoxy) is 1. The molecule has 9 heteroatoms. The van der Waals surface area contributed by atoms with E-state index in [0.29, 0.717) is 24.8 Å². The fourth-order valence-electron chi connectivity index (χ4n) is 3.27. The number of carbonyl (C=O) groups excluding carboxylic acids is 1. The summed E-state index contributed by atoms with van der Waals surface area (Å²) < 4.78 is 47.3. The first-order chi connectivity index (χ1) is 13.1. The standard InChI is InChI=1S/C19H24FN3O4S/c1-19(2,3)27-18(24)22-14-7-5-9-23(12-14)28(25,26)16-8-4-6-13-10-21-11-15(20)17(13)16/h4,6,8,10-11,14H,5,7,9,12H2,1-3H3,(H,22,24). The summed E-state index contributed by atoms with van der Waals surface area (Å²) in [5.41, 5.74) is -0.640. The highest BCUT2D eigenvalue weighted by Gasteiger charge is 2.33. The van der Waals surface area contributed by atoms with E-state index in [0.717, 1.165) is 6.20 Å². The van der Waals surface area contributed by atoms with Gasteiger partial charge < -0.3 is 10.1 Å². The van der Waals surface area contributed by atoms with E-state index in [2.05, 4.69) is 10.3 Å². The fourth-order valence-corrected chi connectivity index (χ4v) is 5.01. The van der Waals surface area contributed by atoms with Crippen LogP contribution in [0.1, 0.15) is 33.6 Å². The molecule has 1 aromatic heterocycles. The third-order valence-electron chi connectivity index (χ3n) is 4.42. The Morgan fingerprint density at radius 1 is 1.32 bits per heavy atom. The minimum absolute atomic E-state index is 0.0275. The summed E-state index contributed by atoms with van der Waals surface area (Å²) in [6.45, 7) is 5.68. The first-order valence-electron chi connectivity index (χ1n) is 9.10. The van der Waals surface area contributed by atoms with Gasteiger partial charge in [-0.05, 0) is 39.7 Å². The van der Waals surface area contributed by atoms with E-state index >= 15 is 0 Å². The number of nitrogens with one attached hydrogen (secondary N) is 1. The third kappa shape index (κ3) is 4.41. The highest BCUT2D eigenvalue weighted by Crippen LogP contribution is 2.29. The quantitative estimate of drug-likeness (QED) is 0.842. The Balaban J connectivity index is 1.84. The monoisotopic (exact) mass is 409 g/mol. The molecule has 0 radical (unpaired) electrons. The van der Waals surface area contributed by atoms with Crippen LogP contribution in [0.5, 0.6) is 0 Å². The number of nitrogens with zero attached hydrogens (tertiary/aromatic N) is 2. The van der Waals surface area contributed by atoms with Crippen molar-refractivity contribution in [3.8, 4) is 0 Å². The van der Waals surface area contributed by atoms with Gasteiger partial charge in [0.2, 0.25) is 10.0 Å². The number of sulfonamides is 1. The number of hydrogen-bond donors (Lipinski definition) is 1. The van der Waals surface area contributed by atoms with Crippen molar-refractivity contribution in [1.29, 1.82) is 0 Å². The van der Waals surface area contributed by atoms with Gasteiger partial charge in [0.25, 0.3) is 0 Å². The Bertz CT molecular complexity index is 983. The predicted molar refractivity (Wildman–Crippen MR) is 103 cm³/mol. The minimum Gasteiger partial charge on any atom is -0.444 e. The van der Waals surface area contributed by atoms with Crippen molar-refractivity contribution in [3.05, 3.63) is 36.4 Å². The number of rotatable bonds is 3. The Labute approximate surface area is 163 Å². The van der Waals surface area contributed by atoms with Gasteiger partial charge in [-0.3, -0.25) is 4.98 Å². The van der Waals surface area contributed by atoms with Crippen molar-refractivity contribution < 1.29 is 22.3 Å². The Hall–Kier alpha value is -2.26. The van der Waals surface area contributed by atoms with Crippen LogP contribution >= 0.6 is 0 Å². The molecule has 0 bridgehead atoms. The number of fused-ring (bicyclic) bond motifs is 1. The molecule has 1 amide bonds. The largest absolute Gasteiger partial charge is 0.444 e. The van der Waals surface area contributed by atoms with Crippen molar-refractivity contribution in [1.82, 2.24) is 14.6 Å². The van der Waals surface area contributed by atoms with Crippen LogP contribution in [0.15, 0.2) is 35.5 Å². The fraction of sp³-hybridized carbons (Fsp3) is 0.474. The van der Waals surface area contributed by atoms with Crippen molar-refractivity contribution in [2.45, 2.75) is 50.2 Å². The molecule has 1 aromatic carbocycles. The van der Waals surface area contributed by atoms with Gasteiger partial charge in [0.1, 0.15) is 5.60 Å². The van der Waals surface area contributed by atoms with Crippen LogP contribution in [-0.2, 0) is 14.8 Å². The van der Waals surface area contributed by atoms with E-state index in [1.165, 1.54) is 16.6 Å². The number of piperidine rings is 1. The van der Waals surface area contributed by atoms with Crippen molar-refractivity contribution >= 4 is 26.9 Å². The van der Waals surface area contributed by atoms with Gasteiger partial charge in [0, 0.05) is 36.1 Å². The highest BCUT2D eigenvalue weighted by molar-refractivity contribution is 7.89. The van der Waals surface area contributed by atoms with Crippen LogP contribution in [0.2, 0.25) is 0 Å². The number of alkyl carbamates (subject to hydrolysis) is 1. The van der Waals surface area contributed by atoms with Gasteiger partial charge in [-0.2, -0.15) is 4.31 Å². The maximum Gasteiger partial charge on any atom is 0.407 e. The second kappa shape index (κ2) is 7.63. The summed E-state index contributed by atoms with van der Waals surface area (Å²) in [4.78, 5) is 15.7. The number of pyridine rings is 1. The maximum atomic E-state index is 14.3. The van der Waals surface area contributed by atoms with Crippen LogP contribution < -0.4 is 5.32 Å². The summed E-state index contributed by atoms with van der Waals surface area (Å²) in [5, 5.41) is 3.17. The van der Waals surface area contributed by atoms with Crippen LogP contribution in [0, 0.1) is 5.82 Å². The molecule has 28 heavy (non-hydrogen) atoms. The van der Waals surface area contributed by atoms with Crippen LogP contribution in [0.4, 0.5) is 9.18 Å². The molecule has 0 saturated carbocycles. The van der Waals surface area contributed by atoms with Crippen molar-refractivity contribution in [3.63, 3.8) is 0 Å². The van der Waals surface area contributed by atoms with Gasteiger partial charge in [-0.1, -0.05) is 12.1 Å². The Morgan fingerprint density at radius 2 is 2.07 bits per heavy atom. The lowest BCUT2D eigenvalue weighted by molar-refractivity contribution is 0.0487. The summed E-state index contributed by atoms with van der Waals surface area (Å²) in [5.74, 6) is -0.683. The Kier molecular flexibility index (Phi) is 5.58. The second-order valence-corrected chi connectivity index (χ2v) is 9.73. The van der Waals surface area contributed by atoms with Crippen molar-refractivity contribution in [2.75, 3.05) is 13.1 Å². The molecular formula is C19H24FN3O4S. The Morgan fingerprint density at radius 3 is 2.79 bits per heavy atom. The number of hydrogen-bond acceptors (Lipinski definition) is 5. The number of carbonyl (C=O) groups is 1. The predicted octanol–water partition coefficient (Wildman–Crippen LogP) is 3.05. The SMILES string of the molecule is CC(C)(C)OC(=O)NC1CCCN(S(=O)(=O)c2cccc3cncc(F)c23)C1. The van der Waals surface area contributed by atoms with E-state index in [1.807, 2.05) is 0 Å². The number of benzene rings is 1. The lowest BCUT2D eigenvalue weighted by atomic mass is 10.1. The number of amides is 1. The molecule has 0 aliphatic carbocycles. The molecule has 1 aliphatic rings. The molecule has 1 fully saturated rings. The van der Waals surface area contributed by atoms with Crippen molar-refractivity contribution in [2.24, 2.45) is 0 Å². The summed E-state index contributed by atoms with van der Waals surface area (Å²) >= 11 is 0. The number of halogens is 1. The molecule has 3 rings (SSSR count). The zero-order valence-corrected chi connectivity index (χ0v) is 16.9. The maximum absolute atomic E-state index is 14.3. The molecule has 2 heterocycles. The second-order valence-electron chi connectivity index (χ2n) is 7.82. The lowest BCUT2D eigenvalue weighted by Gasteiger charge is -2.33. The van der Waals surface area contributed by atoms with Crippen LogP contribution in [0.3, 0.4) is 0 Å². The average Bonchev–Trinajstić information content (AvgIpc) is 2.60. The molecule has 1 atom stereocenters. The van der Waals surface area contributed by atoms with Gasteiger partial charge in [-0.25, -0.2) is 17.6 Å². The summed E-state index contributed by atoms with van der Waals surface area (Å²) in [7, 11) is -3.94. The summed E-state index contributed by atoms with van der Waals surface area (Å²) in [6, 6.07) is 4.20. The molecule has 2 aromatic rings. The molecular weight excluding hydrogens is 385 g/mol.